The maximum absolute atomic E-state index is 10.1. The zero-order chi connectivity index (χ0) is 23.4. The van der Waals surface area contributed by atoms with Crippen LogP contribution < -0.4 is 10.6 Å². The lowest BCUT2D eigenvalue weighted by Gasteiger charge is -2.42. The predicted molar refractivity (Wildman–Crippen MR) is 133 cm³/mol. The number of piperidine rings is 1. The third kappa shape index (κ3) is 3.22. The fraction of sp³-hybridized carbons (Fsp3) is 0.320. The molecule has 1 aromatic carbocycles. The highest BCUT2D eigenvalue weighted by Crippen LogP contribution is 2.50. The van der Waals surface area contributed by atoms with Crippen LogP contribution in [0.5, 0.6) is 0 Å². The SMILES string of the molecule is N[C@@H]1c2cccnc2CC12CCN(c1nccn3c(-c4cccc(Cl)c4Cl)nc(CO)c13)CC2. The van der Waals surface area contributed by atoms with E-state index in [0.717, 1.165) is 49.4 Å². The average Bonchev–Trinajstić information content (AvgIpc) is 3.37. The summed E-state index contributed by atoms with van der Waals surface area (Å²) < 4.78 is 1.94. The van der Waals surface area contributed by atoms with Gasteiger partial charge in [-0.2, -0.15) is 0 Å². The van der Waals surface area contributed by atoms with Crippen molar-refractivity contribution in [3.8, 4) is 11.4 Å². The summed E-state index contributed by atoms with van der Waals surface area (Å²) in [7, 11) is 0. The minimum Gasteiger partial charge on any atom is -0.390 e. The second kappa shape index (κ2) is 8.20. The van der Waals surface area contributed by atoms with E-state index in [1.165, 1.54) is 5.56 Å². The Hall–Kier alpha value is -2.71. The van der Waals surface area contributed by atoms with Gasteiger partial charge in [-0.1, -0.05) is 35.3 Å². The molecule has 174 valence electrons. The Morgan fingerprint density at radius 1 is 1.09 bits per heavy atom. The molecule has 4 aromatic rings. The Balaban J connectivity index is 1.36. The number of pyridine rings is 1. The molecule has 1 spiro atoms. The van der Waals surface area contributed by atoms with Crippen LogP contribution in [0.3, 0.4) is 0 Å². The fourth-order valence-corrected chi connectivity index (χ4v) is 5.99. The molecule has 2 aliphatic rings. The molecule has 1 saturated heterocycles. The summed E-state index contributed by atoms with van der Waals surface area (Å²) in [6.45, 7) is 1.43. The van der Waals surface area contributed by atoms with Crippen molar-refractivity contribution in [3.63, 3.8) is 0 Å². The van der Waals surface area contributed by atoms with Crippen molar-refractivity contribution in [1.82, 2.24) is 19.4 Å². The molecule has 7 nitrogen and oxygen atoms in total. The lowest BCUT2D eigenvalue weighted by molar-refractivity contribution is 0.186. The molecule has 4 heterocycles. The number of anilines is 1. The van der Waals surface area contributed by atoms with E-state index >= 15 is 0 Å². The van der Waals surface area contributed by atoms with Crippen LogP contribution in [0.4, 0.5) is 5.82 Å². The highest BCUT2D eigenvalue weighted by molar-refractivity contribution is 6.43. The van der Waals surface area contributed by atoms with Gasteiger partial charge in [0.05, 0.1) is 22.3 Å². The van der Waals surface area contributed by atoms with E-state index in [-0.39, 0.29) is 18.1 Å². The number of hydrogen-bond donors (Lipinski definition) is 2. The van der Waals surface area contributed by atoms with E-state index in [4.69, 9.17) is 38.9 Å². The smallest absolute Gasteiger partial charge is 0.154 e. The number of benzene rings is 1. The molecule has 0 radical (unpaired) electrons. The summed E-state index contributed by atoms with van der Waals surface area (Å²) in [6, 6.07) is 9.54. The summed E-state index contributed by atoms with van der Waals surface area (Å²) >= 11 is 12.8. The Labute approximate surface area is 207 Å². The number of aliphatic hydroxyl groups excluding tert-OH is 1. The van der Waals surface area contributed by atoms with Gasteiger partial charge >= 0.3 is 0 Å². The van der Waals surface area contributed by atoms with Gasteiger partial charge in [0.2, 0.25) is 0 Å². The third-order valence-corrected chi connectivity index (χ3v) is 8.27. The van der Waals surface area contributed by atoms with E-state index in [1.807, 2.05) is 35.0 Å². The number of hydrogen-bond acceptors (Lipinski definition) is 6. The molecule has 1 aliphatic heterocycles. The van der Waals surface area contributed by atoms with Gasteiger partial charge in [-0.25, -0.2) is 9.97 Å². The van der Waals surface area contributed by atoms with Crippen molar-refractivity contribution in [2.75, 3.05) is 18.0 Å². The van der Waals surface area contributed by atoms with Crippen molar-refractivity contribution in [2.24, 2.45) is 11.1 Å². The molecule has 3 aromatic heterocycles. The first-order valence-corrected chi connectivity index (χ1v) is 12.1. The lowest BCUT2D eigenvalue weighted by Crippen LogP contribution is -2.44. The van der Waals surface area contributed by atoms with Gasteiger partial charge < -0.3 is 15.7 Å². The van der Waals surface area contributed by atoms with Crippen LogP contribution in [0.1, 0.15) is 35.8 Å². The zero-order valence-corrected chi connectivity index (χ0v) is 20.0. The van der Waals surface area contributed by atoms with Gasteiger partial charge in [-0.15, -0.1) is 0 Å². The zero-order valence-electron chi connectivity index (χ0n) is 18.5. The van der Waals surface area contributed by atoms with Crippen LogP contribution in [-0.2, 0) is 13.0 Å². The normalized spacial score (nSPS) is 19.2. The summed E-state index contributed by atoms with van der Waals surface area (Å²) in [6.07, 6.45) is 8.27. The second-order valence-electron chi connectivity index (χ2n) is 9.15. The summed E-state index contributed by atoms with van der Waals surface area (Å²) in [5, 5.41) is 11.0. The van der Waals surface area contributed by atoms with Gasteiger partial charge in [0.25, 0.3) is 0 Å². The number of aliphatic hydroxyl groups is 1. The number of rotatable bonds is 3. The number of fused-ring (bicyclic) bond motifs is 2. The Morgan fingerprint density at radius 3 is 2.68 bits per heavy atom. The molecule has 1 aliphatic carbocycles. The third-order valence-electron chi connectivity index (χ3n) is 7.45. The molecule has 0 unspecified atom stereocenters. The molecule has 1 fully saturated rings. The van der Waals surface area contributed by atoms with Gasteiger partial charge in [-0.05, 0) is 48.4 Å². The minimum absolute atomic E-state index is 0.00152. The average molecular weight is 495 g/mol. The number of halogens is 2. The first-order chi connectivity index (χ1) is 16.5. The van der Waals surface area contributed by atoms with Crippen LogP contribution in [0.2, 0.25) is 10.0 Å². The number of nitrogens with two attached hydrogens (primary N) is 1. The van der Waals surface area contributed by atoms with Crippen molar-refractivity contribution >= 4 is 34.5 Å². The quantitative estimate of drug-likeness (QED) is 0.437. The summed E-state index contributed by atoms with van der Waals surface area (Å²) in [4.78, 5) is 16.3. The summed E-state index contributed by atoms with van der Waals surface area (Å²) in [5.74, 6) is 1.43. The minimum atomic E-state index is -0.204. The van der Waals surface area contributed by atoms with Crippen LogP contribution in [-0.4, -0.2) is 37.5 Å². The topological polar surface area (TPSA) is 92.6 Å². The van der Waals surface area contributed by atoms with E-state index in [1.54, 1.807) is 12.3 Å². The molecule has 34 heavy (non-hydrogen) atoms. The standard InChI is InChI=1S/C25H24Cl2N6O/c26-17-5-1-3-16(20(17)27)23-31-19(14-34)21-24(30-9-12-33(21)23)32-10-6-25(7-11-32)13-18-15(22(25)28)4-2-8-29-18/h1-5,8-9,12,22,34H,6-7,10-11,13-14,28H2/t22-/m1/s1. The highest BCUT2D eigenvalue weighted by atomic mass is 35.5. The molecular weight excluding hydrogens is 471 g/mol. The first-order valence-electron chi connectivity index (χ1n) is 11.4. The predicted octanol–water partition coefficient (Wildman–Crippen LogP) is 4.43. The Kier molecular flexibility index (Phi) is 5.26. The van der Waals surface area contributed by atoms with Crippen molar-refractivity contribution in [1.29, 1.82) is 0 Å². The lowest BCUT2D eigenvalue weighted by atomic mass is 9.73. The van der Waals surface area contributed by atoms with Crippen LogP contribution in [0.15, 0.2) is 48.9 Å². The van der Waals surface area contributed by atoms with Crippen LogP contribution in [0, 0.1) is 5.41 Å². The first kappa shape index (κ1) is 21.8. The molecule has 1 atom stereocenters. The largest absolute Gasteiger partial charge is 0.390 e. The maximum Gasteiger partial charge on any atom is 0.154 e. The molecule has 0 bridgehead atoms. The maximum atomic E-state index is 10.1. The van der Waals surface area contributed by atoms with Crippen LogP contribution in [0.25, 0.3) is 16.9 Å². The number of nitrogens with zero attached hydrogens (tertiary/aromatic N) is 5. The van der Waals surface area contributed by atoms with E-state index in [2.05, 4.69) is 16.0 Å². The molecule has 6 rings (SSSR count). The molecule has 0 amide bonds. The second-order valence-corrected chi connectivity index (χ2v) is 9.94. The molecule has 3 N–H and O–H groups in total. The fourth-order valence-electron chi connectivity index (χ4n) is 5.61. The molecule has 0 saturated carbocycles. The van der Waals surface area contributed by atoms with Crippen molar-refractivity contribution < 1.29 is 5.11 Å². The number of aromatic nitrogens is 4. The van der Waals surface area contributed by atoms with Gasteiger partial charge in [0.15, 0.2) is 5.82 Å². The van der Waals surface area contributed by atoms with Crippen LogP contribution >= 0.6 is 23.2 Å². The van der Waals surface area contributed by atoms with Crippen molar-refractivity contribution in [3.05, 3.63) is 75.9 Å². The van der Waals surface area contributed by atoms with Gasteiger partial charge in [0, 0.05) is 49.0 Å². The highest BCUT2D eigenvalue weighted by Gasteiger charge is 2.46. The number of imidazole rings is 1. The van der Waals surface area contributed by atoms with E-state index < -0.39 is 0 Å². The van der Waals surface area contributed by atoms with Crippen molar-refractivity contribution in [2.45, 2.75) is 31.9 Å². The monoisotopic (exact) mass is 494 g/mol. The Bertz CT molecular complexity index is 1400. The molecule has 9 heteroatoms. The van der Waals surface area contributed by atoms with Gasteiger partial charge in [0.1, 0.15) is 11.3 Å². The Morgan fingerprint density at radius 2 is 1.91 bits per heavy atom. The van der Waals surface area contributed by atoms with E-state index in [0.29, 0.717) is 27.1 Å². The summed E-state index contributed by atoms with van der Waals surface area (Å²) in [5.41, 5.74) is 11.1. The molecular formula is C25H24Cl2N6O. The van der Waals surface area contributed by atoms with Gasteiger partial charge in [-0.3, -0.25) is 9.38 Å². The van der Waals surface area contributed by atoms with E-state index in [9.17, 15) is 5.11 Å².